The zero-order valence-corrected chi connectivity index (χ0v) is 14.0. The first-order chi connectivity index (χ1) is 12.7. The molecule has 0 saturated carbocycles. The number of hydrogen-bond donors (Lipinski definition) is 1. The Bertz CT molecular complexity index is 868. The summed E-state index contributed by atoms with van der Waals surface area (Å²) >= 11 is 0. The molecule has 0 aliphatic rings. The number of carbonyl (C=O) groups excluding carboxylic acids is 1. The van der Waals surface area contributed by atoms with Gasteiger partial charge in [0, 0.05) is 5.69 Å². The summed E-state index contributed by atoms with van der Waals surface area (Å²) in [6.45, 7) is 0.347. The number of amides is 1. The highest BCUT2D eigenvalue weighted by Crippen LogP contribution is 2.20. The van der Waals surface area contributed by atoms with Crippen LogP contribution in [0.2, 0.25) is 0 Å². The average molecular weight is 351 g/mol. The molecule has 4 nitrogen and oxygen atoms in total. The molecule has 1 N–H and O–H groups in total. The van der Waals surface area contributed by atoms with E-state index in [1.165, 1.54) is 6.07 Å². The van der Waals surface area contributed by atoms with E-state index in [0.717, 1.165) is 0 Å². The summed E-state index contributed by atoms with van der Waals surface area (Å²) in [6, 6.07) is 22.3. The summed E-state index contributed by atoms with van der Waals surface area (Å²) in [5.74, 6) is -0.0683. The van der Waals surface area contributed by atoms with Crippen molar-refractivity contribution in [3.05, 3.63) is 90.2 Å². The van der Waals surface area contributed by atoms with Crippen LogP contribution in [-0.2, 0) is 0 Å². The number of nitrogens with one attached hydrogen (secondary N) is 1. The highest BCUT2D eigenvalue weighted by molar-refractivity contribution is 6.06. The zero-order valence-electron chi connectivity index (χ0n) is 14.0. The van der Waals surface area contributed by atoms with E-state index in [-0.39, 0.29) is 24.9 Å². The molecule has 0 radical (unpaired) electrons. The molecule has 0 aromatic heterocycles. The second-order valence-electron chi connectivity index (χ2n) is 5.44. The van der Waals surface area contributed by atoms with Crippen molar-refractivity contribution in [2.24, 2.45) is 0 Å². The first-order valence-corrected chi connectivity index (χ1v) is 8.19. The van der Waals surface area contributed by atoms with Gasteiger partial charge >= 0.3 is 0 Å². The number of rotatable bonds is 7. The van der Waals surface area contributed by atoms with Gasteiger partial charge in [-0.3, -0.25) is 4.79 Å². The molecule has 0 aliphatic heterocycles. The van der Waals surface area contributed by atoms with Crippen molar-refractivity contribution in [2.75, 3.05) is 18.5 Å². The van der Waals surface area contributed by atoms with Crippen molar-refractivity contribution >= 4 is 11.6 Å². The highest BCUT2D eigenvalue weighted by atomic mass is 19.1. The van der Waals surface area contributed by atoms with Gasteiger partial charge < -0.3 is 14.8 Å². The summed E-state index contributed by atoms with van der Waals surface area (Å²) in [5.41, 5.74) is 1.12. The van der Waals surface area contributed by atoms with Crippen LogP contribution in [0.4, 0.5) is 10.1 Å². The molecule has 132 valence electrons. The number of benzene rings is 3. The largest absolute Gasteiger partial charge is 0.489 e. The van der Waals surface area contributed by atoms with Crippen LogP contribution in [0.15, 0.2) is 78.9 Å². The van der Waals surface area contributed by atoms with Gasteiger partial charge in [0.05, 0.1) is 5.56 Å². The number of halogens is 1. The van der Waals surface area contributed by atoms with E-state index in [0.29, 0.717) is 17.0 Å². The zero-order chi connectivity index (χ0) is 18.2. The molecule has 5 heteroatoms. The predicted octanol–water partition coefficient (Wildman–Crippen LogP) is 4.54. The normalized spacial score (nSPS) is 10.2. The van der Waals surface area contributed by atoms with E-state index in [4.69, 9.17) is 9.47 Å². The first-order valence-electron chi connectivity index (χ1n) is 8.19. The molecular formula is C21H18FNO3. The Morgan fingerprint density at radius 3 is 2.08 bits per heavy atom. The predicted molar refractivity (Wildman–Crippen MR) is 98.2 cm³/mol. The molecule has 0 spiro atoms. The standard InChI is InChI=1S/C21H18FNO3/c22-18-11-5-7-13-20(18)26-15-14-25-19-12-6-4-10-17(19)21(24)23-16-8-2-1-3-9-16/h1-13H,14-15H2,(H,23,24). The summed E-state index contributed by atoms with van der Waals surface area (Å²) < 4.78 is 24.5. The van der Waals surface area contributed by atoms with Crippen molar-refractivity contribution in [1.29, 1.82) is 0 Å². The number of anilines is 1. The fourth-order valence-corrected chi connectivity index (χ4v) is 2.37. The number of carbonyl (C=O) groups is 1. The van der Waals surface area contributed by atoms with Gasteiger partial charge in [0.15, 0.2) is 11.6 Å². The van der Waals surface area contributed by atoms with Gasteiger partial charge in [-0.15, -0.1) is 0 Å². The van der Waals surface area contributed by atoms with E-state index < -0.39 is 5.82 Å². The Labute approximate surface area is 151 Å². The summed E-state index contributed by atoms with van der Waals surface area (Å²) in [4.78, 5) is 12.5. The lowest BCUT2D eigenvalue weighted by atomic mass is 10.2. The summed E-state index contributed by atoms with van der Waals surface area (Å²) in [7, 11) is 0. The number of ether oxygens (including phenoxy) is 2. The minimum absolute atomic E-state index is 0.162. The van der Waals surface area contributed by atoms with E-state index >= 15 is 0 Å². The Hall–Kier alpha value is -3.34. The quantitative estimate of drug-likeness (QED) is 0.636. The third kappa shape index (κ3) is 4.60. The van der Waals surface area contributed by atoms with Crippen molar-refractivity contribution in [3.63, 3.8) is 0 Å². The topological polar surface area (TPSA) is 47.6 Å². The lowest BCUT2D eigenvalue weighted by Crippen LogP contribution is -2.15. The van der Waals surface area contributed by atoms with Crippen LogP contribution in [0.1, 0.15) is 10.4 Å². The first kappa shape index (κ1) is 17.5. The van der Waals surface area contributed by atoms with E-state index in [2.05, 4.69) is 5.32 Å². The van der Waals surface area contributed by atoms with Gasteiger partial charge in [0.2, 0.25) is 0 Å². The molecule has 0 fully saturated rings. The second-order valence-corrected chi connectivity index (χ2v) is 5.44. The Morgan fingerprint density at radius 2 is 1.35 bits per heavy atom. The molecule has 3 rings (SSSR count). The Balaban J connectivity index is 1.58. The lowest BCUT2D eigenvalue weighted by Gasteiger charge is -2.12. The van der Waals surface area contributed by atoms with Crippen LogP contribution in [0.5, 0.6) is 11.5 Å². The Morgan fingerprint density at radius 1 is 0.769 bits per heavy atom. The second kappa shape index (κ2) is 8.67. The van der Waals surface area contributed by atoms with Gasteiger partial charge in [-0.1, -0.05) is 42.5 Å². The van der Waals surface area contributed by atoms with Gasteiger partial charge in [-0.05, 0) is 36.4 Å². The fourth-order valence-electron chi connectivity index (χ4n) is 2.37. The van der Waals surface area contributed by atoms with Gasteiger partial charge in [-0.2, -0.15) is 0 Å². The molecule has 1 amide bonds. The van der Waals surface area contributed by atoms with E-state index in [9.17, 15) is 9.18 Å². The molecule has 0 bridgehead atoms. The molecule has 0 heterocycles. The monoisotopic (exact) mass is 351 g/mol. The maximum atomic E-state index is 13.5. The van der Waals surface area contributed by atoms with Crippen LogP contribution in [0, 0.1) is 5.82 Å². The molecular weight excluding hydrogens is 333 g/mol. The smallest absolute Gasteiger partial charge is 0.259 e. The number of para-hydroxylation sites is 3. The molecule has 0 unspecified atom stereocenters. The molecule has 3 aromatic rings. The van der Waals surface area contributed by atoms with Gasteiger partial charge in [0.1, 0.15) is 19.0 Å². The molecule has 0 aliphatic carbocycles. The van der Waals surface area contributed by atoms with Crippen molar-refractivity contribution in [3.8, 4) is 11.5 Å². The summed E-state index contributed by atoms with van der Waals surface area (Å²) in [5, 5.41) is 2.82. The van der Waals surface area contributed by atoms with Crippen LogP contribution in [-0.4, -0.2) is 19.1 Å². The third-order valence-corrected chi connectivity index (χ3v) is 3.60. The van der Waals surface area contributed by atoms with Crippen LogP contribution in [0.3, 0.4) is 0 Å². The van der Waals surface area contributed by atoms with Crippen LogP contribution < -0.4 is 14.8 Å². The number of hydrogen-bond acceptors (Lipinski definition) is 3. The molecule has 0 saturated heterocycles. The molecule has 26 heavy (non-hydrogen) atoms. The van der Waals surface area contributed by atoms with Crippen molar-refractivity contribution in [2.45, 2.75) is 0 Å². The fraction of sp³-hybridized carbons (Fsp3) is 0.0952. The summed E-state index contributed by atoms with van der Waals surface area (Å²) in [6.07, 6.45) is 0. The van der Waals surface area contributed by atoms with Gasteiger partial charge in [0.25, 0.3) is 5.91 Å². The highest BCUT2D eigenvalue weighted by Gasteiger charge is 2.12. The molecule has 0 atom stereocenters. The molecule has 3 aromatic carbocycles. The van der Waals surface area contributed by atoms with Crippen molar-refractivity contribution < 1.29 is 18.7 Å². The lowest BCUT2D eigenvalue weighted by molar-refractivity contribution is 0.102. The van der Waals surface area contributed by atoms with Crippen LogP contribution in [0.25, 0.3) is 0 Å². The third-order valence-electron chi connectivity index (χ3n) is 3.60. The minimum atomic E-state index is -0.421. The average Bonchev–Trinajstić information content (AvgIpc) is 2.67. The maximum absolute atomic E-state index is 13.5. The van der Waals surface area contributed by atoms with E-state index in [1.54, 1.807) is 42.5 Å². The Kier molecular flexibility index (Phi) is 5.83. The maximum Gasteiger partial charge on any atom is 0.259 e. The minimum Gasteiger partial charge on any atom is -0.489 e. The van der Waals surface area contributed by atoms with Gasteiger partial charge in [-0.25, -0.2) is 4.39 Å². The van der Waals surface area contributed by atoms with E-state index in [1.807, 2.05) is 30.3 Å². The van der Waals surface area contributed by atoms with Crippen molar-refractivity contribution in [1.82, 2.24) is 0 Å². The van der Waals surface area contributed by atoms with Crippen LogP contribution >= 0.6 is 0 Å². The SMILES string of the molecule is O=C(Nc1ccccc1)c1ccccc1OCCOc1ccccc1F.